The molecule has 1 N–H and O–H groups in total. The molecule has 1 rings (SSSR count). The van der Waals surface area contributed by atoms with Crippen LogP contribution in [-0.2, 0) is 20.3 Å². The highest BCUT2D eigenvalue weighted by atomic mass is 35.5. The van der Waals surface area contributed by atoms with E-state index in [1.54, 1.807) is 31.2 Å². The Morgan fingerprint density at radius 3 is 2.82 bits per heavy atom. The molecule has 0 aliphatic heterocycles. The largest absolute Gasteiger partial charge is 0.335 e. The molecule has 0 saturated carbocycles. The lowest BCUT2D eigenvalue weighted by molar-refractivity contribution is -0.116. The molecular formula is C11H14ClO4P. The van der Waals surface area contributed by atoms with Crippen LogP contribution in [0.3, 0.4) is 0 Å². The first-order valence-corrected chi connectivity index (χ1v) is 7.29. The summed E-state index contributed by atoms with van der Waals surface area (Å²) in [5, 5.41) is 0.535. The monoisotopic (exact) mass is 276 g/mol. The Bertz CT molecular complexity index is 447. The predicted octanol–water partition coefficient (Wildman–Crippen LogP) is 2.67. The number of rotatable bonds is 6. The highest BCUT2D eigenvalue weighted by Gasteiger charge is 2.23. The normalized spacial score (nSPS) is 14.3. The maximum atomic E-state index is 11.6. The fourth-order valence-corrected chi connectivity index (χ4v) is 2.67. The summed E-state index contributed by atoms with van der Waals surface area (Å²) in [5.41, 5.74) is 0.721. The number of halogens is 1. The van der Waals surface area contributed by atoms with E-state index < -0.39 is 13.8 Å². The number of Topliss-reactive ketones (excluding diaryl/α,β-unsaturated/α-hetero) is 1. The molecule has 0 fully saturated rings. The maximum Gasteiger partial charge on any atom is 0.335 e. The summed E-state index contributed by atoms with van der Waals surface area (Å²) in [5.74, 6) is -0.341. The molecule has 0 heterocycles. The van der Waals surface area contributed by atoms with Gasteiger partial charge in [0.05, 0.1) is 6.61 Å². The lowest BCUT2D eigenvalue weighted by Gasteiger charge is -2.09. The molecule has 94 valence electrons. The Labute approximate surface area is 105 Å². The van der Waals surface area contributed by atoms with E-state index in [9.17, 15) is 14.3 Å². The van der Waals surface area contributed by atoms with Crippen molar-refractivity contribution in [1.29, 1.82) is 0 Å². The van der Waals surface area contributed by atoms with Gasteiger partial charge in [0, 0.05) is 11.4 Å². The first-order valence-electron chi connectivity index (χ1n) is 5.15. The van der Waals surface area contributed by atoms with E-state index >= 15 is 0 Å². The topological polar surface area (TPSA) is 63.6 Å². The summed E-state index contributed by atoms with van der Waals surface area (Å²) >= 11 is 5.77. The number of benzene rings is 1. The fourth-order valence-electron chi connectivity index (χ4n) is 1.40. The van der Waals surface area contributed by atoms with Gasteiger partial charge in [0.1, 0.15) is 11.9 Å². The zero-order valence-electron chi connectivity index (χ0n) is 9.43. The lowest BCUT2D eigenvalue weighted by Crippen LogP contribution is -2.10. The summed E-state index contributed by atoms with van der Waals surface area (Å²) in [6.07, 6.45) is -0.383. The third-order valence-corrected chi connectivity index (χ3v) is 3.65. The Balaban J connectivity index is 2.59. The number of carbonyl (C=O) groups is 1. The van der Waals surface area contributed by atoms with E-state index in [2.05, 4.69) is 4.52 Å². The number of hydrogen-bond acceptors (Lipinski definition) is 3. The molecule has 1 aromatic carbocycles. The van der Waals surface area contributed by atoms with Crippen LogP contribution >= 0.6 is 19.2 Å². The van der Waals surface area contributed by atoms with Gasteiger partial charge in [-0.15, -0.1) is 0 Å². The van der Waals surface area contributed by atoms with Crippen LogP contribution in [0.5, 0.6) is 0 Å². The van der Waals surface area contributed by atoms with E-state index in [0.29, 0.717) is 5.02 Å². The second-order valence-electron chi connectivity index (χ2n) is 3.56. The number of hydrogen-bond donors (Lipinski definition) is 1. The van der Waals surface area contributed by atoms with Gasteiger partial charge in [0.15, 0.2) is 0 Å². The molecule has 1 atom stereocenters. The van der Waals surface area contributed by atoms with Gasteiger partial charge in [0.2, 0.25) is 0 Å². The molecule has 0 bridgehead atoms. The summed E-state index contributed by atoms with van der Waals surface area (Å²) in [7, 11) is -3.78. The first-order chi connectivity index (χ1) is 7.93. The van der Waals surface area contributed by atoms with E-state index in [1.165, 1.54) is 0 Å². The van der Waals surface area contributed by atoms with Crippen LogP contribution < -0.4 is 0 Å². The fraction of sp³-hybridized carbons (Fsp3) is 0.364. The van der Waals surface area contributed by atoms with Crippen molar-refractivity contribution < 1.29 is 18.8 Å². The van der Waals surface area contributed by atoms with Crippen molar-refractivity contribution in [3.63, 3.8) is 0 Å². The minimum absolute atomic E-state index is 0.0815. The minimum Gasteiger partial charge on any atom is -0.324 e. The average molecular weight is 277 g/mol. The molecule has 0 saturated heterocycles. The molecule has 0 aromatic heterocycles. The average Bonchev–Trinajstić information content (AvgIpc) is 2.15. The van der Waals surface area contributed by atoms with Crippen LogP contribution in [0.1, 0.15) is 12.5 Å². The molecular weight excluding hydrogens is 263 g/mol. The molecule has 1 aromatic rings. The molecule has 4 nitrogen and oxygen atoms in total. The highest BCUT2D eigenvalue weighted by molar-refractivity contribution is 7.53. The Hall–Kier alpha value is -0.670. The quantitative estimate of drug-likeness (QED) is 0.812. The third kappa shape index (κ3) is 5.46. The predicted molar refractivity (Wildman–Crippen MR) is 66.5 cm³/mol. The smallest absolute Gasteiger partial charge is 0.324 e. The molecule has 0 amide bonds. The summed E-state index contributed by atoms with van der Waals surface area (Å²) in [4.78, 5) is 20.9. The second kappa shape index (κ2) is 6.31. The molecule has 0 aliphatic carbocycles. The van der Waals surface area contributed by atoms with Gasteiger partial charge in [-0.05, 0) is 24.6 Å². The van der Waals surface area contributed by atoms with Crippen LogP contribution in [0.2, 0.25) is 5.02 Å². The van der Waals surface area contributed by atoms with Gasteiger partial charge in [-0.2, -0.15) is 0 Å². The third-order valence-electron chi connectivity index (χ3n) is 2.00. The van der Waals surface area contributed by atoms with Gasteiger partial charge in [-0.25, -0.2) is 0 Å². The van der Waals surface area contributed by atoms with Crippen molar-refractivity contribution in [2.45, 2.75) is 13.3 Å². The van der Waals surface area contributed by atoms with E-state index in [-0.39, 0.29) is 18.8 Å². The van der Waals surface area contributed by atoms with Crippen LogP contribution in [0.4, 0.5) is 0 Å². The summed E-state index contributed by atoms with van der Waals surface area (Å²) in [6.45, 7) is 1.71. The zero-order valence-corrected chi connectivity index (χ0v) is 11.1. The highest BCUT2D eigenvalue weighted by Crippen LogP contribution is 2.41. The van der Waals surface area contributed by atoms with E-state index in [4.69, 9.17) is 11.6 Å². The van der Waals surface area contributed by atoms with Crippen molar-refractivity contribution in [2.75, 3.05) is 12.8 Å². The lowest BCUT2D eigenvalue weighted by atomic mass is 10.1. The Morgan fingerprint density at radius 2 is 2.24 bits per heavy atom. The van der Waals surface area contributed by atoms with Gasteiger partial charge in [0.25, 0.3) is 0 Å². The van der Waals surface area contributed by atoms with E-state index in [1.807, 2.05) is 0 Å². The molecule has 6 heteroatoms. The minimum atomic E-state index is -3.78. The van der Waals surface area contributed by atoms with Crippen molar-refractivity contribution in [2.24, 2.45) is 0 Å². The zero-order chi connectivity index (χ0) is 12.9. The van der Waals surface area contributed by atoms with Crippen molar-refractivity contribution in [3.05, 3.63) is 34.9 Å². The Morgan fingerprint density at radius 1 is 1.53 bits per heavy atom. The molecule has 0 spiro atoms. The number of ketones is 1. The van der Waals surface area contributed by atoms with E-state index in [0.717, 1.165) is 5.56 Å². The first kappa shape index (κ1) is 14.4. The Kier molecular flexibility index (Phi) is 5.34. The van der Waals surface area contributed by atoms with Crippen molar-refractivity contribution >= 4 is 25.0 Å². The number of carbonyl (C=O) groups excluding carboxylic acids is 1. The van der Waals surface area contributed by atoms with Crippen LogP contribution in [0, 0.1) is 0 Å². The molecule has 1 unspecified atom stereocenters. The van der Waals surface area contributed by atoms with Gasteiger partial charge < -0.3 is 9.42 Å². The van der Waals surface area contributed by atoms with Crippen LogP contribution in [-0.4, -0.2) is 23.4 Å². The molecule has 17 heavy (non-hydrogen) atoms. The van der Waals surface area contributed by atoms with Gasteiger partial charge in [-0.1, -0.05) is 23.7 Å². The van der Waals surface area contributed by atoms with Crippen LogP contribution in [0.15, 0.2) is 24.3 Å². The SMILES string of the molecule is CCOP(=O)(O)CC(=O)Cc1cccc(Cl)c1. The standard InChI is InChI=1S/C11H14ClO4P/c1-2-16-17(14,15)8-11(13)7-9-4-3-5-10(12)6-9/h3-6H,2,7-8H2,1H3,(H,14,15). The molecule has 0 radical (unpaired) electrons. The van der Waals surface area contributed by atoms with Crippen LogP contribution in [0.25, 0.3) is 0 Å². The van der Waals surface area contributed by atoms with Crippen molar-refractivity contribution in [1.82, 2.24) is 0 Å². The maximum absolute atomic E-state index is 11.6. The van der Waals surface area contributed by atoms with Crippen molar-refractivity contribution in [3.8, 4) is 0 Å². The second-order valence-corrected chi connectivity index (χ2v) is 5.84. The van der Waals surface area contributed by atoms with Gasteiger partial charge in [-0.3, -0.25) is 9.36 Å². The summed E-state index contributed by atoms with van der Waals surface area (Å²) < 4.78 is 16.0. The summed E-state index contributed by atoms with van der Waals surface area (Å²) in [6, 6.07) is 6.83. The van der Waals surface area contributed by atoms with Gasteiger partial charge >= 0.3 is 7.60 Å². The molecule has 0 aliphatic rings.